The van der Waals surface area contributed by atoms with E-state index in [2.05, 4.69) is 4.98 Å². The lowest BCUT2D eigenvalue weighted by molar-refractivity contribution is 0.120. The van der Waals surface area contributed by atoms with E-state index in [1.54, 1.807) is 49.6 Å². The van der Waals surface area contributed by atoms with Crippen molar-refractivity contribution in [1.82, 2.24) is 4.98 Å². The molecule has 164 valence electrons. The molecule has 0 bridgehead atoms. The summed E-state index contributed by atoms with van der Waals surface area (Å²) in [6.07, 6.45) is 0. The molecule has 0 saturated carbocycles. The first-order valence-electron chi connectivity index (χ1n) is 9.81. The first kappa shape index (κ1) is 21.2. The molecule has 0 unspecified atom stereocenters. The third-order valence-corrected chi connectivity index (χ3v) is 6.76. The van der Waals surface area contributed by atoms with Crippen LogP contribution in [-0.4, -0.2) is 53.9 Å². The van der Waals surface area contributed by atoms with Crippen molar-refractivity contribution >= 4 is 15.7 Å². The van der Waals surface area contributed by atoms with Crippen molar-refractivity contribution in [2.75, 3.05) is 45.4 Å². The SMILES string of the molecule is COc1ccc(-c2nc(S(=O)(=O)c3ccc(C)cc3)c(N3CCOCC3)o2)cc1OC. The van der Waals surface area contributed by atoms with Crippen molar-refractivity contribution in [2.24, 2.45) is 0 Å². The summed E-state index contributed by atoms with van der Waals surface area (Å²) in [5, 5.41) is -0.108. The number of morpholine rings is 1. The zero-order valence-corrected chi connectivity index (χ0v) is 18.4. The van der Waals surface area contributed by atoms with Gasteiger partial charge >= 0.3 is 0 Å². The second-order valence-corrected chi connectivity index (χ2v) is 8.98. The Bertz CT molecular complexity index is 1170. The summed E-state index contributed by atoms with van der Waals surface area (Å²) in [4.78, 5) is 6.44. The van der Waals surface area contributed by atoms with Crippen LogP contribution in [0.15, 0.2) is 56.8 Å². The van der Waals surface area contributed by atoms with Gasteiger partial charge in [0, 0.05) is 18.7 Å². The van der Waals surface area contributed by atoms with Gasteiger partial charge < -0.3 is 23.5 Å². The fraction of sp³-hybridized carbons (Fsp3) is 0.318. The molecular formula is C22H24N2O6S. The Labute approximate surface area is 181 Å². The molecule has 1 fully saturated rings. The lowest BCUT2D eigenvalue weighted by atomic mass is 10.2. The van der Waals surface area contributed by atoms with Gasteiger partial charge in [-0.05, 0) is 37.3 Å². The van der Waals surface area contributed by atoms with Gasteiger partial charge in [-0.2, -0.15) is 4.98 Å². The molecular weight excluding hydrogens is 420 g/mol. The van der Waals surface area contributed by atoms with Crippen molar-refractivity contribution in [2.45, 2.75) is 16.8 Å². The van der Waals surface area contributed by atoms with Crippen LogP contribution in [0.4, 0.5) is 5.88 Å². The van der Waals surface area contributed by atoms with E-state index >= 15 is 0 Å². The van der Waals surface area contributed by atoms with E-state index in [9.17, 15) is 8.42 Å². The quantitative estimate of drug-likeness (QED) is 0.572. The summed E-state index contributed by atoms with van der Waals surface area (Å²) in [6.45, 7) is 3.89. The molecule has 0 amide bonds. The van der Waals surface area contributed by atoms with Crippen LogP contribution >= 0.6 is 0 Å². The molecule has 2 aromatic carbocycles. The van der Waals surface area contributed by atoms with Crippen molar-refractivity contribution in [3.8, 4) is 23.0 Å². The van der Waals surface area contributed by atoms with Gasteiger partial charge in [0.2, 0.25) is 26.6 Å². The number of aromatic nitrogens is 1. The Morgan fingerprint density at radius 3 is 2.29 bits per heavy atom. The number of anilines is 1. The summed E-state index contributed by atoms with van der Waals surface area (Å²) in [6, 6.07) is 11.9. The fourth-order valence-corrected chi connectivity index (χ4v) is 4.68. The zero-order valence-electron chi connectivity index (χ0n) is 17.6. The lowest BCUT2D eigenvalue weighted by Gasteiger charge is -2.26. The Morgan fingerprint density at radius 1 is 0.968 bits per heavy atom. The van der Waals surface area contributed by atoms with Gasteiger partial charge in [0.25, 0.3) is 0 Å². The smallest absolute Gasteiger partial charge is 0.236 e. The predicted molar refractivity (Wildman–Crippen MR) is 115 cm³/mol. The number of hydrogen-bond donors (Lipinski definition) is 0. The number of oxazole rings is 1. The number of rotatable bonds is 6. The van der Waals surface area contributed by atoms with E-state index in [1.165, 1.54) is 7.11 Å². The number of benzene rings is 2. The number of sulfone groups is 1. The monoisotopic (exact) mass is 444 g/mol. The van der Waals surface area contributed by atoms with Gasteiger partial charge in [-0.1, -0.05) is 17.7 Å². The van der Waals surface area contributed by atoms with Crippen LogP contribution in [0.3, 0.4) is 0 Å². The van der Waals surface area contributed by atoms with Crippen LogP contribution in [0.5, 0.6) is 11.5 Å². The van der Waals surface area contributed by atoms with Crippen molar-refractivity contribution in [1.29, 1.82) is 0 Å². The van der Waals surface area contributed by atoms with Crippen LogP contribution in [0, 0.1) is 6.92 Å². The van der Waals surface area contributed by atoms with Gasteiger partial charge in [0.05, 0.1) is 32.3 Å². The summed E-state index contributed by atoms with van der Waals surface area (Å²) in [5.41, 5.74) is 1.55. The minimum atomic E-state index is -3.89. The summed E-state index contributed by atoms with van der Waals surface area (Å²) >= 11 is 0. The number of hydrogen-bond acceptors (Lipinski definition) is 8. The first-order chi connectivity index (χ1) is 14.9. The van der Waals surface area contributed by atoms with Gasteiger partial charge in [-0.25, -0.2) is 8.42 Å². The summed E-state index contributed by atoms with van der Waals surface area (Å²) in [5.74, 6) is 1.45. The van der Waals surface area contributed by atoms with E-state index in [0.29, 0.717) is 43.4 Å². The molecule has 31 heavy (non-hydrogen) atoms. The molecule has 1 aliphatic rings. The average Bonchev–Trinajstić information content (AvgIpc) is 3.26. The Hall–Kier alpha value is -3.04. The fourth-order valence-electron chi connectivity index (χ4n) is 3.36. The van der Waals surface area contributed by atoms with Crippen molar-refractivity contribution in [3.63, 3.8) is 0 Å². The van der Waals surface area contributed by atoms with E-state index in [1.807, 2.05) is 11.8 Å². The maximum atomic E-state index is 13.5. The third-order valence-electron chi connectivity index (χ3n) is 5.09. The van der Waals surface area contributed by atoms with Gasteiger partial charge in [0.15, 0.2) is 11.5 Å². The van der Waals surface area contributed by atoms with Crippen LogP contribution in [-0.2, 0) is 14.6 Å². The van der Waals surface area contributed by atoms with Crippen molar-refractivity contribution < 1.29 is 27.0 Å². The van der Waals surface area contributed by atoms with Gasteiger partial charge in [-0.15, -0.1) is 0 Å². The largest absolute Gasteiger partial charge is 0.493 e. The molecule has 1 aliphatic heterocycles. The van der Waals surface area contributed by atoms with E-state index in [4.69, 9.17) is 18.6 Å². The molecule has 4 rings (SSSR count). The molecule has 8 nitrogen and oxygen atoms in total. The third kappa shape index (κ3) is 4.11. The number of ether oxygens (including phenoxy) is 3. The highest BCUT2D eigenvalue weighted by molar-refractivity contribution is 7.91. The number of methoxy groups -OCH3 is 2. The van der Waals surface area contributed by atoms with Crippen LogP contribution in [0.1, 0.15) is 5.56 Å². The Kier molecular flexibility index (Phi) is 5.88. The second-order valence-electron chi connectivity index (χ2n) is 7.11. The molecule has 3 aromatic rings. The second kappa shape index (κ2) is 8.60. The van der Waals surface area contributed by atoms with Gasteiger partial charge in [-0.3, -0.25) is 0 Å². The maximum absolute atomic E-state index is 13.5. The van der Waals surface area contributed by atoms with Crippen LogP contribution in [0.2, 0.25) is 0 Å². The summed E-state index contributed by atoms with van der Waals surface area (Å²) in [7, 11) is -0.816. The highest BCUT2D eigenvalue weighted by atomic mass is 32.2. The van der Waals surface area contributed by atoms with E-state index in [0.717, 1.165) is 5.56 Å². The molecule has 1 aromatic heterocycles. The molecule has 0 radical (unpaired) electrons. The molecule has 0 aliphatic carbocycles. The summed E-state index contributed by atoms with van der Waals surface area (Å²) < 4.78 is 49.0. The Balaban J connectivity index is 1.84. The van der Waals surface area contributed by atoms with Crippen molar-refractivity contribution in [3.05, 3.63) is 48.0 Å². The molecule has 0 atom stereocenters. The minimum absolute atomic E-state index is 0.108. The first-order valence-corrected chi connectivity index (χ1v) is 11.3. The zero-order chi connectivity index (χ0) is 22.0. The topological polar surface area (TPSA) is 91.1 Å². The molecule has 0 spiro atoms. The normalized spacial score (nSPS) is 14.5. The maximum Gasteiger partial charge on any atom is 0.236 e. The van der Waals surface area contributed by atoms with E-state index < -0.39 is 9.84 Å². The number of aryl methyl sites for hydroxylation is 1. The van der Waals surface area contributed by atoms with Gasteiger partial charge in [0.1, 0.15) is 0 Å². The highest BCUT2D eigenvalue weighted by Gasteiger charge is 2.32. The molecule has 0 N–H and O–H groups in total. The molecule has 2 heterocycles. The van der Waals surface area contributed by atoms with Crippen LogP contribution in [0.25, 0.3) is 11.5 Å². The van der Waals surface area contributed by atoms with E-state index in [-0.39, 0.29) is 21.7 Å². The standard InChI is InChI=1S/C22H24N2O6S/c1-15-4-7-17(8-5-15)31(25,26)21-22(24-10-12-29-13-11-24)30-20(23-21)16-6-9-18(27-2)19(14-16)28-3/h4-9,14H,10-13H2,1-3H3. The molecule has 1 saturated heterocycles. The number of nitrogens with zero attached hydrogens (tertiary/aromatic N) is 2. The van der Waals surface area contributed by atoms with Crippen LogP contribution < -0.4 is 14.4 Å². The minimum Gasteiger partial charge on any atom is -0.493 e. The lowest BCUT2D eigenvalue weighted by Crippen LogP contribution is -2.36. The highest BCUT2D eigenvalue weighted by Crippen LogP contribution is 2.37. The average molecular weight is 445 g/mol. The Morgan fingerprint density at radius 2 is 1.65 bits per heavy atom. The molecule has 9 heteroatoms. The predicted octanol–water partition coefficient (Wildman–Crippen LogP) is 3.34.